The molecule has 0 saturated carbocycles. The molecule has 158 valence electrons. The van der Waals surface area contributed by atoms with Crippen LogP contribution in [0, 0.1) is 0 Å². The lowest BCUT2D eigenvalue weighted by molar-refractivity contribution is 0.0996. The van der Waals surface area contributed by atoms with Gasteiger partial charge in [-0.05, 0) is 52.0 Å². The van der Waals surface area contributed by atoms with E-state index in [2.05, 4.69) is 25.9 Å². The summed E-state index contributed by atoms with van der Waals surface area (Å²) in [5.41, 5.74) is 12.0. The van der Waals surface area contributed by atoms with E-state index in [1.165, 1.54) is 6.20 Å². The van der Waals surface area contributed by atoms with E-state index < -0.39 is 5.91 Å². The van der Waals surface area contributed by atoms with Gasteiger partial charge in [-0.25, -0.2) is 9.97 Å². The highest BCUT2D eigenvalue weighted by Gasteiger charge is 2.12. The van der Waals surface area contributed by atoms with Crippen LogP contribution in [0.5, 0.6) is 0 Å². The predicted octanol–water partition coefficient (Wildman–Crippen LogP) is 4.13. The van der Waals surface area contributed by atoms with Crippen molar-refractivity contribution in [2.45, 2.75) is 13.3 Å². The predicted molar refractivity (Wildman–Crippen MR) is 127 cm³/mol. The molecule has 0 saturated heterocycles. The van der Waals surface area contributed by atoms with E-state index in [0.717, 1.165) is 23.2 Å². The molecule has 0 bridgehead atoms. The van der Waals surface area contributed by atoms with Gasteiger partial charge in [0.25, 0.3) is 11.5 Å². The number of anilines is 1. The maximum Gasteiger partial charge on any atom is 0.271 e. The fourth-order valence-electron chi connectivity index (χ4n) is 3.05. The van der Waals surface area contributed by atoms with Crippen molar-refractivity contribution in [2.75, 3.05) is 5.73 Å². The third kappa shape index (κ3) is 4.92. The minimum Gasteiger partial charge on any atom is -0.382 e. The van der Waals surface area contributed by atoms with Crippen molar-refractivity contribution in [3.8, 4) is 5.69 Å². The number of amides is 1. The number of nitrogens with two attached hydrogens (primary N) is 2. The molecule has 4 rings (SSSR count). The standard InChI is InChI=1S/C17H14ClNO.C5H5BrN4O/c1-2-13-11-12-7-6-10-15(18)16(12)17(20)19(13)14-8-4-3-5-9-14;6-2-1-9-4(7)3(10-2)5(8)11/h3-11H,2H2,1H3;1H,(H2,7,9)(H2,8,11). The van der Waals surface area contributed by atoms with Crippen LogP contribution in [0.25, 0.3) is 16.5 Å². The molecule has 4 aromatic rings. The summed E-state index contributed by atoms with van der Waals surface area (Å²) in [5.74, 6) is -0.642. The first-order chi connectivity index (χ1) is 14.8. The molecule has 0 radical (unpaired) electrons. The van der Waals surface area contributed by atoms with Gasteiger partial charge >= 0.3 is 0 Å². The minimum absolute atomic E-state index is 0.0145. The molecular weight excluding hydrogens is 482 g/mol. The Morgan fingerprint density at radius 1 is 1.16 bits per heavy atom. The van der Waals surface area contributed by atoms with Gasteiger partial charge in [0.15, 0.2) is 11.5 Å². The summed E-state index contributed by atoms with van der Waals surface area (Å²) >= 11 is 9.23. The number of primary amides is 1. The van der Waals surface area contributed by atoms with Gasteiger partial charge in [0.05, 0.1) is 16.6 Å². The maximum absolute atomic E-state index is 12.8. The normalized spacial score (nSPS) is 10.4. The molecule has 0 aliphatic carbocycles. The Balaban J connectivity index is 0.000000210. The molecule has 0 spiro atoms. The first-order valence-electron chi connectivity index (χ1n) is 9.29. The molecular formula is C22H19BrClN5O2. The highest BCUT2D eigenvalue weighted by atomic mass is 79.9. The largest absolute Gasteiger partial charge is 0.382 e. The summed E-state index contributed by atoms with van der Waals surface area (Å²) in [6, 6.07) is 17.3. The van der Waals surface area contributed by atoms with E-state index in [1.807, 2.05) is 55.5 Å². The molecule has 0 fully saturated rings. The van der Waals surface area contributed by atoms with Gasteiger partial charge in [-0.15, -0.1) is 0 Å². The van der Waals surface area contributed by atoms with Crippen molar-refractivity contribution < 1.29 is 4.79 Å². The van der Waals surface area contributed by atoms with E-state index >= 15 is 0 Å². The number of carbonyl (C=O) groups excluding carboxylic acids is 1. The molecule has 7 nitrogen and oxygen atoms in total. The number of para-hydroxylation sites is 1. The van der Waals surface area contributed by atoms with Crippen molar-refractivity contribution in [3.63, 3.8) is 0 Å². The first kappa shape index (κ1) is 22.5. The van der Waals surface area contributed by atoms with Gasteiger partial charge in [0.2, 0.25) is 0 Å². The maximum atomic E-state index is 12.8. The lowest BCUT2D eigenvalue weighted by Gasteiger charge is -2.14. The lowest BCUT2D eigenvalue weighted by Crippen LogP contribution is -2.22. The summed E-state index contributed by atoms with van der Waals surface area (Å²) < 4.78 is 2.18. The SMILES string of the molecule is CCc1cc2cccc(Cl)c2c(=O)n1-c1ccccc1.NC(=O)c1nc(Br)cnc1N. The smallest absolute Gasteiger partial charge is 0.271 e. The number of benzene rings is 2. The molecule has 0 unspecified atom stereocenters. The number of halogens is 2. The van der Waals surface area contributed by atoms with Gasteiger partial charge < -0.3 is 11.5 Å². The minimum atomic E-state index is -0.684. The van der Waals surface area contributed by atoms with Crippen LogP contribution in [-0.4, -0.2) is 20.4 Å². The Morgan fingerprint density at radius 3 is 2.48 bits per heavy atom. The summed E-state index contributed by atoms with van der Waals surface area (Å²) in [5, 5.41) is 1.97. The first-order valence-corrected chi connectivity index (χ1v) is 10.5. The van der Waals surface area contributed by atoms with Crippen LogP contribution < -0.4 is 17.0 Å². The van der Waals surface area contributed by atoms with Gasteiger partial charge in [-0.2, -0.15) is 0 Å². The van der Waals surface area contributed by atoms with Crippen molar-refractivity contribution in [2.24, 2.45) is 5.73 Å². The van der Waals surface area contributed by atoms with E-state index in [-0.39, 0.29) is 17.1 Å². The van der Waals surface area contributed by atoms with E-state index in [1.54, 1.807) is 10.6 Å². The zero-order chi connectivity index (χ0) is 22.5. The topological polar surface area (TPSA) is 117 Å². The highest BCUT2D eigenvalue weighted by molar-refractivity contribution is 9.10. The monoisotopic (exact) mass is 499 g/mol. The highest BCUT2D eigenvalue weighted by Crippen LogP contribution is 2.22. The van der Waals surface area contributed by atoms with Crippen molar-refractivity contribution >= 4 is 50.0 Å². The molecule has 0 atom stereocenters. The summed E-state index contributed by atoms with van der Waals surface area (Å²) in [6.07, 6.45) is 2.17. The molecule has 0 aliphatic heterocycles. The molecule has 2 heterocycles. The number of fused-ring (bicyclic) bond motifs is 1. The molecule has 2 aromatic carbocycles. The van der Waals surface area contributed by atoms with Crippen molar-refractivity contribution in [1.29, 1.82) is 0 Å². The average molecular weight is 501 g/mol. The Kier molecular flexibility index (Phi) is 7.04. The van der Waals surface area contributed by atoms with Crippen LogP contribution in [0.4, 0.5) is 5.82 Å². The fourth-order valence-corrected chi connectivity index (χ4v) is 3.59. The molecule has 9 heteroatoms. The number of pyridine rings is 1. The second-order valence-electron chi connectivity index (χ2n) is 6.46. The van der Waals surface area contributed by atoms with Gasteiger partial charge in [0, 0.05) is 11.4 Å². The van der Waals surface area contributed by atoms with Crippen LogP contribution in [-0.2, 0) is 6.42 Å². The van der Waals surface area contributed by atoms with Crippen molar-refractivity contribution in [3.05, 3.63) is 92.2 Å². The zero-order valence-electron chi connectivity index (χ0n) is 16.5. The number of nitrogen functional groups attached to an aromatic ring is 1. The van der Waals surface area contributed by atoms with Crippen LogP contribution in [0.1, 0.15) is 23.1 Å². The molecule has 2 aromatic heterocycles. The molecule has 0 aliphatic rings. The van der Waals surface area contributed by atoms with Crippen LogP contribution in [0.3, 0.4) is 0 Å². The quantitative estimate of drug-likeness (QED) is 0.439. The number of carbonyl (C=O) groups is 1. The van der Waals surface area contributed by atoms with E-state index in [0.29, 0.717) is 15.0 Å². The Labute approximate surface area is 191 Å². The van der Waals surface area contributed by atoms with Gasteiger partial charge in [0.1, 0.15) is 4.60 Å². The molecule has 31 heavy (non-hydrogen) atoms. The van der Waals surface area contributed by atoms with Crippen LogP contribution in [0.2, 0.25) is 5.02 Å². The van der Waals surface area contributed by atoms with Crippen molar-refractivity contribution in [1.82, 2.24) is 14.5 Å². The second kappa shape index (κ2) is 9.72. The number of hydrogen-bond acceptors (Lipinski definition) is 5. The third-order valence-electron chi connectivity index (χ3n) is 4.45. The fraction of sp³-hybridized carbons (Fsp3) is 0.0909. The third-order valence-corrected chi connectivity index (χ3v) is 5.15. The number of aromatic nitrogens is 3. The van der Waals surface area contributed by atoms with E-state index in [4.69, 9.17) is 23.1 Å². The van der Waals surface area contributed by atoms with Crippen LogP contribution >= 0.6 is 27.5 Å². The number of rotatable bonds is 3. The number of nitrogens with zero attached hydrogens (tertiary/aromatic N) is 3. The Morgan fingerprint density at radius 2 is 1.87 bits per heavy atom. The summed E-state index contributed by atoms with van der Waals surface area (Å²) in [6.45, 7) is 2.05. The number of aryl methyl sites for hydroxylation is 1. The van der Waals surface area contributed by atoms with Gasteiger partial charge in [-0.1, -0.05) is 48.9 Å². The summed E-state index contributed by atoms with van der Waals surface area (Å²) in [4.78, 5) is 30.8. The van der Waals surface area contributed by atoms with Gasteiger partial charge in [-0.3, -0.25) is 14.2 Å². The van der Waals surface area contributed by atoms with E-state index in [9.17, 15) is 9.59 Å². The van der Waals surface area contributed by atoms with Crippen LogP contribution in [0.15, 0.2) is 70.2 Å². The lowest BCUT2D eigenvalue weighted by atomic mass is 10.1. The molecule has 1 amide bonds. The number of hydrogen-bond donors (Lipinski definition) is 2. The Bertz CT molecular complexity index is 1310. The second-order valence-corrected chi connectivity index (χ2v) is 7.68. The average Bonchev–Trinajstić information content (AvgIpc) is 2.76. The Hall–Kier alpha value is -3.23. The zero-order valence-corrected chi connectivity index (χ0v) is 18.9. The summed E-state index contributed by atoms with van der Waals surface area (Å²) in [7, 11) is 0. The molecule has 4 N–H and O–H groups in total.